The Labute approximate surface area is 115 Å². The Kier molecular flexibility index (Phi) is 2.35. The van der Waals surface area contributed by atoms with Gasteiger partial charge in [0.05, 0.1) is 11.9 Å². The lowest BCUT2D eigenvalue weighted by Gasteiger charge is -2.01. The lowest BCUT2D eigenvalue weighted by atomic mass is 10.2. The van der Waals surface area contributed by atoms with Crippen LogP contribution in [0.3, 0.4) is 0 Å². The van der Waals surface area contributed by atoms with Crippen LogP contribution in [0.15, 0.2) is 42.6 Å². The second-order valence-corrected chi connectivity index (χ2v) is 5.34. The number of imidazole rings is 1. The van der Waals surface area contributed by atoms with E-state index in [9.17, 15) is 0 Å². The molecular formula is C15H12ClN3. The number of rotatable bonds is 2. The van der Waals surface area contributed by atoms with Crippen molar-refractivity contribution in [3.05, 3.63) is 53.3 Å². The maximum atomic E-state index is 6.09. The topological polar surface area (TPSA) is 30.2 Å². The SMILES string of the molecule is Clc1cc(C2CC2)c2nc(-c3ccccc3)cn2n1. The minimum atomic E-state index is 0.534. The molecule has 0 radical (unpaired) electrons. The zero-order valence-corrected chi connectivity index (χ0v) is 11.0. The van der Waals surface area contributed by atoms with Crippen molar-refractivity contribution in [2.45, 2.75) is 18.8 Å². The van der Waals surface area contributed by atoms with Crippen molar-refractivity contribution in [2.24, 2.45) is 0 Å². The minimum absolute atomic E-state index is 0.534. The Balaban J connectivity index is 1.93. The zero-order valence-electron chi connectivity index (χ0n) is 10.3. The Bertz CT molecular complexity index is 745. The van der Waals surface area contributed by atoms with E-state index in [0.717, 1.165) is 16.9 Å². The largest absolute Gasteiger partial charge is 0.227 e. The predicted molar refractivity (Wildman–Crippen MR) is 75.4 cm³/mol. The summed E-state index contributed by atoms with van der Waals surface area (Å²) in [5.41, 5.74) is 4.20. The first-order valence-electron chi connectivity index (χ1n) is 6.42. The Morgan fingerprint density at radius 1 is 1.16 bits per heavy atom. The van der Waals surface area contributed by atoms with Crippen LogP contribution in [0.1, 0.15) is 24.3 Å². The lowest BCUT2D eigenvalue weighted by Crippen LogP contribution is -1.95. The minimum Gasteiger partial charge on any atom is -0.227 e. The van der Waals surface area contributed by atoms with Gasteiger partial charge in [-0.15, -0.1) is 0 Å². The van der Waals surface area contributed by atoms with E-state index < -0.39 is 0 Å². The van der Waals surface area contributed by atoms with Crippen molar-refractivity contribution < 1.29 is 0 Å². The molecule has 1 saturated carbocycles. The number of aromatic nitrogens is 3. The molecular weight excluding hydrogens is 258 g/mol. The molecule has 2 heterocycles. The van der Waals surface area contributed by atoms with Crippen LogP contribution in [0, 0.1) is 0 Å². The highest BCUT2D eigenvalue weighted by atomic mass is 35.5. The van der Waals surface area contributed by atoms with Crippen LogP contribution in [-0.4, -0.2) is 14.6 Å². The van der Waals surface area contributed by atoms with Crippen molar-refractivity contribution in [1.29, 1.82) is 0 Å². The fourth-order valence-corrected chi connectivity index (χ4v) is 2.61. The third-order valence-corrected chi connectivity index (χ3v) is 3.70. The highest BCUT2D eigenvalue weighted by Gasteiger charge is 2.27. The van der Waals surface area contributed by atoms with Crippen LogP contribution in [0.25, 0.3) is 16.9 Å². The van der Waals surface area contributed by atoms with Crippen molar-refractivity contribution in [3.63, 3.8) is 0 Å². The van der Waals surface area contributed by atoms with Crippen molar-refractivity contribution in [1.82, 2.24) is 14.6 Å². The van der Waals surface area contributed by atoms with E-state index in [0.29, 0.717) is 11.1 Å². The average molecular weight is 270 g/mol. The maximum Gasteiger partial charge on any atom is 0.157 e. The molecule has 0 N–H and O–H groups in total. The van der Waals surface area contributed by atoms with E-state index in [-0.39, 0.29) is 0 Å². The van der Waals surface area contributed by atoms with E-state index in [4.69, 9.17) is 16.6 Å². The van der Waals surface area contributed by atoms with Gasteiger partial charge in [-0.1, -0.05) is 41.9 Å². The third kappa shape index (κ3) is 1.90. The molecule has 0 unspecified atom stereocenters. The van der Waals surface area contributed by atoms with E-state index in [1.165, 1.54) is 18.4 Å². The smallest absolute Gasteiger partial charge is 0.157 e. The van der Waals surface area contributed by atoms with Gasteiger partial charge >= 0.3 is 0 Å². The van der Waals surface area contributed by atoms with Gasteiger partial charge in [0.2, 0.25) is 0 Å². The van der Waals surface area contributed by atoms with Gasteiger partial charge in [-0.25, -0.2) is 9.50 Å². The van der Waals surface area contributed by atoms with Crippen LogP contribution in [0.4, 0.5) is 0 Å². The number of hydrogen-bond donors (Lipinski definition) is 0. The molecule has 1 aliphatic carbocycles. The normalized spacial score (nSPS) is 15.0. The van der Waals surface area contributed by atoms with Crippen molar-refractivity contribution in [2.75, 3.05) is 0 Å². The molecule has 0 aliphatic heterocycles. The number of nitrogens with zero attached hydrogens (tertiary/aromatic N) is 3. The van der Waals surface area contributed by atoms with Gasteiger partial charge in [0.1, 0.15) is 5.15 Å². The molecule has 3 aromatic rings. The average Bonchev–Trinajstić information content (AvgIpc) is 3.18. The van der Waals surface area contributed by atoms with Crippen molar-refractivity contribution >= 4 is 17.2 Å². The molecule has 1 aliphatic rings. The highest BCUT2D eigenvalue weighted by Crippen LogP contribution is 2.42. The molecule has 94 valence electrons. The van der Waals surface area contributed by atoms with Crippen LogP contribution < -0.4 is 0 Å². The number of fused-ring (bicyclic) bond motifs is 1. The monoisotopic (exact) mass is 269 g/mol. The first-order valence-corrected chi connectivity index (χ1v) is 6.80. The summed E-state index contributed by atoms with van der Waals surface area (Å²) in [5, 5.41) is 4.85. The van der Waals surface area contributed by atoms with Crippen molar-refractivity contribution in [3.8, 4) is 11.3 Å². The molecule has 0 amide bonds. The summed E-state index contributed by atoms with van der Waals surface area (Å²) in [6, 6.07) is 12.1. The van der Waals surface area contributed by atoms with Gasteiger partial charge in [0.25, 0.3) is 0 Å². The molecule has 0 spiro atoms. The van der Waals surface area contributed by atoms with Gasteiger partial charge in [-0.2, -0.15) is 5.10 Å². The summed E-state index contributed by atoms with van der Waals surface area (Å²) in [6.07, 6.45) is 4.40. The molecule has 4 rings (SSSR count). The molecule has 3 nitrogen and oxygen atoms in total. The van der Waals surface area contributed by atoms with E-state index >= 15 is 0 Å². The second-order valence-electron chi connectivity index (χ2n) is 4.96. The lowest BCUT2D eigenvalue weighted by molar-refractivity contribution is 0.913. The molecule has 0 atom stereocenters. The molecule has 4 heteroatoms. The fraction of sp³-hybridized carbons (Fsp3) is 0.200. The summed E-state index contributed by atoms with van der Waals surface area (Å²) in [6.45, 7) is 0. The van der Waals surface area contributed by atoms with Crippen LogP contribution in [-0.2, 0) is 0 Å². The van der Waals surface area contributed by atoms with Gasteiger partial charge in [-0.05, 0) is 24.8 Å². The van der Waals surface area contributed by atoms with E-state index in [2.05, 4.69) is 17.2 Å². The predicted octanol–water partition coefficient (Wildman–Crippen LogP) is 3.93. The summed E-state index contributed by atoms with van der Waals surface area (Å²) in [5.74, 6) is 0.606. The summed E-state index contributed by atoms with van der Waals surface area (Å²) >= 11 is 6.09. The number of halogens is 1. The van der Waals surface area contributed by atoms with E-state index in [1.54, 1.807) is 4.52 Å². The molecule has 2 aromatic heterocycles. The first-order chi connectivity index (χ1) is 9.31. The van der Waals surface area contributed by atoms with Gasteiger partial charge in [0, 0.05) is 11.1 Å². The number of benzene rings is 1. The van der Waals surface area contributed by atoms with Crippen LogP contribution >= 0.6 is 11.6 Å². The van der Waals surface area contributed by atoms with Gasteiger partial charge in [-0.3, -0.25) is 0 Å². The molecule has 1 fully saturated rings. The van der Waals surface area contributed by atoms with E-state index in [1.807, 2.05) is 30.5 Å². The molecule has 0 bridgehead atoms. The van der Waals surface area contributed by atoms with Crippen LogP contribution in [0.2, 0.25) is 5.15 Å². The maximum absolute atomic E-state index is 6.09. The van der Waals surface area contributed by atoms with Gasteiger partial charge < -0.3 is 0 Å². The molecule has 0 saturated heterocycles. The zero-order chi connectivity index (χ0) is 12.8. The molecule has 19 heavy (non-hydrogen) atoms. The Hall–Kier alpha value is -1.87. The van der Waals surface area contributed by atoms with Gasteiger partial charge in [0.15, 0.2) is 5.65 Å². The summed E-state index contributed by atoms with van der Waals surface area (Å²) < 4.78 is 1.80. The highest BCUT2D eigenvalue weighted by molar-refractivity contribution is 6.29. The molecule has 1 aromatic carbocycles. The standard InChI is InChI=1S/C15H12ClN3/c16-14-8-12(10-6-7-10)15-17-13(9-19(15)18-14)11-4-2-1-3-5-11/h1-5,8-10H,6-7H2. The summed E-state index contributed by atoms with van der Waals surface area (Å²) in [4.78, 5) is 4.73. The third-order valence-electron chi connectivity index (χ3n) is 3.51. The Morgan fingerprint density at radius 2 is 1.95 bits per heavy atom. The fourth-order valence-electron chi connectivity index (χ4n) is 2.41. The van der Waals surface area contributed by atoms with Crippen LogP contribution in [0.5, 0.6) is 0 Å². The number of hydrogen-bond acceptors (Lipinski definition) is 2. The second kappa shape index (κ2) is 4.07. The Morgan fingerprint density at radius 3 is 2.68 bits per heavy atom. The summed E-state index contributed by atoms with van der Waals surface area (Å²) in [7, 11) is 0. The first kappa shape index (κ1) is 11.0. The quantitative estimate of drug-likeness (QED) is 0.706.